The van der Waals surface area contributed by atoms with Crippen LogP contribution in [0, 0.1) is 0 Å². The second-order valence-electron chi connectivity index (χ2n) is 8.19. The normalized spacial score (nSPS) is 21.5. The minimum Gasteiger partial charge on any atom is -0.281 e. The highest BCUT2D eigenvalue weighted by Gasteiger charge is 2.55. The summed E-state index contributed by atoms with van der Waals surface area (Å²) >= 11 is 0. The van der Waals surface area contributed by atoms with Crippen LogP contribution in [0.3, 0.4) is 0 Å². The molecule has 0 radical (unpaired) electrons. The molecule has 164 valence electrons. The maximum Gasteiger partial charge on any atom is 0.523 e. The molecule has 3 aromatic rings. The first-order valence-corrected chi connectivity index (χ1v) is 11.1. The van der Waals surface area contributed by atoms with Gasteiger partial charge in [-0.05, 0) is 36.1 Å². The fourth-order valence-electron chi connectivity index (χ4n) is 4.02. The molecule has 1 aliphatic rings. The second kappa shape index (κ2) is 7.29. The standard InChI is InChI=1S/C22H21F3N2O3S/c1-20(2)11-12-27-21(18-9-5-4-8-17(18)20,30-31(28,29)22(23,24)25)16-13-15-7-3-6-10-19(15)26-14-16/h3-10,13-14,27H,11-12H2,1-2H3. The lowest BCUT2D eigenvalue weighted by atomic mass is 9.77. The SMILES string of the molecule is CC1(C)CCNC(OS(=O)(=O)C(F)(F)F)(c2cnc3ccccc3c2)c2ccccc21. The van der Waals surface area contributed by atoms with Gasteiger partial charge in [-0.3, -0.25) is 10.3 Å². The molecule has 2 heterocycles. The van der Waals surface area contributed by atoms with Crippen LogP contribution in [0.25, 0.3) is 10.9 Å². The number of alkyl halides is 3. The van der Waals surface area contributed by atoms with E-state index in [9.17, 15) is 21.6 Å². The molecule has 0 bridgehead atoms. The average Bonchev–Trinajstić information content (AvgIpc) is 2.82. The molecule has 1 unspecified atom stereocenters. The molecule has 0 amide bonds. The highest BCUT2D eigenvalue weighted by Crippen LogP contribution is 2.44. The van der Waals surface area contributed by atoms with E-state index in [4.69, 9.17) is 4.18 Å². The van der Waals surface area contributed by atoms with Crippen molar-refractivity contribution in [3.63, 3.8) is 0 Å². The number of para-hydroxylation sites is 1. The molecule has 0 saturated heterocycles. The third-order valence-corrected chi connectivity index (χ3v) is 6.71. The van der Waals surface area contributed by atoms with Gasteiger partial charge in [0.05, 0.1) is 5.52 Å². The zero-order valence-electron chi connectivity index (χ0n) is 16.9. The molecule has 2 aromatic carbocycles. The van der Waals surface area contributed by atoms with Crippen LogP contribution in [-0.2, 0) is 25.4 Å². The first-order chi connectivity index (χ1) is 14.5. The predicted octanol–water partition coefficient (Wildman–Crippen LogP) is 4.57. The van der Waals surface area contributed by atoms with E-state index in [1.54, 1.807) is 54.6 Å². The van der Waals surface area contributed by atoms with Gasteiger partial charge in [0.15, 0.2) is 5.72 Å². The van der Waals surface area contributed by atoms with Crippen molar-refractivity contribution in [3.8, 4) is 0 Å². The molecular weight excluding hydrogens is 429 g/mol. The summed E-state index contributed by atoms with van der Waals surface area (Å²) in [6, 6.07) is 15.5. The summed E-state index contributed by atoms with van der Waals surface area (Å²) < 4.78 is 69.7. The molecule has 1 aromatic heterocycles. The summed E-state index contributed by atoms with van der Waals surface area (Å²) in [6.07, 6.45) is 1.92. The molecule has 0 fully saturated rings. The summed E-state index contributed by atoms with van der Waals surface area (Å²) in [6.45, 7) is 4.14. The number of hydrogen-bond donors (Lipinski definition) is 1. The van der Waals surface area contributed by atoms with Gasteiger partial charge in [0.1, 0.15) is 0 Å². The van der Waals surface area contributed by atoms with Gasteiger partial charge in [-0.15, -0.1) is 0 Å². The average molecular weight is 450 g/mol. The highest BCUT2D eigenvalue weighted by molar-refractivity contribution is 7.87. The maximum absolute atomic E-state index is 13.4. The maximum atomic E-state index is 13.4. The molecule has 0 aliphatic carbocycles. The van der Waals surface area contributed by atoms with E-state index < -0.39 is 26.8 Å². The molecule has 1 atom stereocenters. The molecule has 31 heavy (non-hydrogen) atoms. The van der Waals surface area contributed by atoms with Crippen LogP contribution < -0.4 is 5.32 Å². The van der Waals surface area contributed by atoms with E-state index in [1.807, 2.05) is 13.8 Å². The summed E-state index contributed by atoms with van der Waals surface area (Å²) in [5.41, 5.74) is -6.29. The molecule has 1 aliphatic heterocycles. The highest BCUT2D eigenvalue weighted by atomic mass is 32.2. The molecule has 0 spiro atoms. The Kier molecular flexibility index (Phi) is 5.11. The molecular formula is C22H21F3N2O3S. The third kappa shape index (κ3) is 3.71. The van der Waals surface area contributed by atoms with Crippen molar-refractivity contribution >= 4 is 21.0 Å². The Morgan fingerprint density at radius 2 is 1.68 bits per heavy atom. The summed E-state index contributed by atoms with van der Waals surface area (Å²) in [5, 5.41) is 3.62. The van der Waals surface area contributed by atoms with Crippen LogP contribution in [0.5, 0.6) is 0 Å². The fourth-order valence-corrected chi connectivity index (χ4v) is 4.69. The van der Waals surface area contributed by atoms with Gasteiger partial charge in [-0.25, -0.2) is 4.18 Å². The van der Waals surface area contributed by atoms with E-state index in [-0.39, 0.29) is 12.1 Å². The number of fused-ring (bicyclic) bond motifs is 2. The first kappa shape index (κ1) is 21.7. The van der Waals surface area contributed by atoms with Gasteiger partial charge in [-0.2, -0.15) is 21.6 Å². The summed E-state index contributed by atoms with van der Waals surface area (Å²) in [7, 11) is -5.94. The minimum atomic E-state index is -5.94. The van der Waals surface area contributed by atoms with E-state index in [2.05, 4.69) is 10.3 Å². The lowest BCUT2D eigenvalue weighted by Crippen LogP contribution is -2.49. The summed E-state index contributed by atoms with van der Waals surface area (Å²) in [5.74, 6) is 0. The van der Waals surface area contributed by atoms with Crippen molar-refractivity contribution in [1.82, 2.24) is 10.3 Å². The first-order valence-electron chi connectivity index (χ1n) is 9.68. The number of aromatic nitrogens is 1. The number of pyridine rings is 1. The van der Waals surface area contributed by atoms with Gasteiger partial charge >= 0.3 is 15.6 Å². The predicted molar refractivity (Wildman–Crippen MR) is 111 cm³/mol. The minimum absolute atomic E-state index is 0.171. The molecule has 4 rings (SSSR count). The molecule has 9 heteroatoms. The van der Waals surface area contributed by atoms with Crippen LogP contribution >= 0.6 is 0 Å². The van der Waals surface area contributed by atoms with E-state index in [0.29, 0.717) is 28.5 Å². The van der Waals surface area contributed by atoms with E-state index in [1.165, 1.54) is 6.20 Å². The number of hydrogen-bond acceptors (Lipinski definition) is 5. The zero-order chi connectivity index (χ0) is 22.5. The summed E-state index contributed by atoms with van der Waals surface area (Å²) in [4.78, 5) is 4.34. The Bertz CT molecular complexity index is 1240. The van der Waals surface area contributed by atoms with Crippen LogP contribution in [0.2, 0.25) is 0 Å². The molecule has 5 nitrogen and oxygen atoms in total. The number of benzene rings is 2. The number of nitrogens with one attached hydrogen (secondary N) is 1. The Balaban J connectivity index is 2.04. The van der Waals surface area contributed by atoms with Gasteiger partial charge in [-0.1, -0.05) is 56.3 Å². The Hall–Kier alpha value is -2.49. The van der Waals surface area contributed by atoms with Gasteiger partial charge in [0.2, 0.25) is 0 Å². The smallest absolute Gasteiger partial charge is 0.281 e. The Morgan fingerprint density at radius 3 is 2.39 bits per heavy atom. The van der Waals surface area contributed by atoms with Crippen molar-refractivity contribution in [2.45, 2.75) is 36.9 Å². The van der Waals surface area contributed by atoms with Crippen molar-refractivity contribution < 1.29 is 25.8 Å². The lowest BCUT2D eigenvalue weighted by molar-refractivity contribution is -0.0655. The number of nitrogens with zero attached hydrogens (tertiary/aromatic N) is 1. The third-order valence-electron chi connectivity index (χ3n) is 5.67. The monoisotopic (exact) mass is 450 g/mol. The van der Waals surface area contributed by atoms with Crippen LogP contribution in [0.1, 0.15) is 37.0 Å². The second-order valence-corrected chi connectivity index (χ2v) is 9.73. The quantitative estimate of drug-likeness (QED) is 0.468. The largest absolute Gasteiger partial charge is 0.523 e. The van der Waals surface area contributed by atoms with Crippen molar-refractivity contribution in [3.05, 3.63) is 77.5 Å². The Labute approximate surface area is 178 Å². The lowest BCUT2D eigenvalue weighted by Gasteiger charge is -2.35. The topological polar surface area (TPSA) is 68.3 Å². The van der Waals surface area contributed by atoms with Crippen molar-refractivity contribution in [2.75, 3.05) is 6.54 Å². The van der Waals surface area contributed by atoms with Gasteiger partial charge in [0.25, 0.3) is 0 Å². The van der Waals surface area contributed by atoms with E-state index >= 15 is 0 Å². The van der Waals surface area contributed by atoms with Crippen LogP contribution in [0.15, 0.2) is 60.8 Å². The zero-order valence-corrected chi connectivity index (χ0v) is 17.7. The fraction of sp³-hybridized carbons (Fsp3) is 0.318. The van der Waals surface area contributed by atoms with Crippen LogP contribution in [-0.4, -0.2) is 25.5 Å². The van der Waals surface area contributed by atoms with Crippen molar-refractivity contribution in [2.24, 2.45) is 0 Å². The Morgan fingerprint density at radius 1 is 1.03 bits per heavy atom. The van der Waals surface area contributed by atoms with Gasteiger partial charge in [0, 0.05) is 22.7 Å². The van der Waals surface area contributed by atoms with Crippen molar-refractivity contribution in [1.29, 1.82) is 0 Å². The van der Waals surface area contributed by atoms with Gasteiger partial charge < -0.3 is 0 Å². The molecule has 0 saturated carbocycles. The number of halogens is 3. The van der Waals surface area contributed by atoms with Crippen LogP contribution in [0.4, 0.5) is 13.2 Å². The van der Waals surface area contributed by atoms with E-state index in [0.717, 1.165) is 0 Å². The number of rotatable bonds is 3. The molecule has 1 N–H and O–H groups in total.